The lowest BCUT2D eigenvalue weighted by molar-refractivity contribution is -0.116. The summed E-state index contributed by atoms with van der Waals surface area (Å²) in [5.74, 6) is -0.896. The number of azo groups is 1. The molecular weight excluding hydrogens is 461 g/mol. The number of anilines is 1. The maximum absolute atomic E-state index is 11.9. The summed E-state index contributed by atoms with van der Waals surface area (Å²) < 4.78 is 44.8. The number of carbonyl (C=O) groups is 1. The van der Waals surface area contributed by atoms with Crippen LogP contribution in [-0.4, -0.2) is 40.8 Å². The van der Waals surface area contributed by atoms with Gasteiger partial charge in [-0.25, -0.2) is 0 Å². The minimum atomic E-state index is -4.83. The van der Waals surface area contributed by atoms with E-state index in [1.807, 2.05) is 0 Å². The molecule has 0 spiro atoms. The number of phenolic OH excluding ortho intramolecular Hbond substituents is 1. The minimum Gasteiger partial charge on any atom is -0.505 e. The van der Waals surface area contributed by atoms with E-state index in [2.05, 4.69) is 10.2 Å². The van der Waals surface area contributed by atoms with Crippen molar-refractivity contribution in [1.29, 1.82) is 0 Å². The van der Waals surface area contributed by atoms with Crippen LogP contribution in [-0.2, 0) is 19.5 Å². The molecule has 11 nitrogen and oxygen atoms in total. The summed E-state index contributed by atoms with van der Waals surface area (Å²) in [4.78, 5) is 30.8. The number of aromatic hydroxyl groups is 1. The summed E-state index contributed by atoms with van der Waals surface area (Å²) in [6.07, 6.45) is 0. The van der Waals surface area contributed by atoms with Gasteiger partial charge in [-0.05, 0) is 41.8 Å². The number of hydrogen-bond acceptors (Lipinski definition) is 7. The molecule has 0 aliphatic carbocycles. The first-order valence-electron chi connectivity index (χ1n) is 8.88. The van der Waals surface area contributed by atoms with Crippen molar-refractivity contribution in [2.45, 2.75) is 11.8 Å². The number of benzene rings is 3. The van der Waals surface area contributed by atoms with Gasteiger partial charge in [0.1, 0.15) is 10.6 Å². The van der Waals surface area contributed by atoms with E-state index in [-0.39, 0.29) is 27.7 Å². The van der Waals surface area contributed by atoms with Gasteiger partial charge >= 0.3 is 7.60 Å². The first-order chi connectivity index (χ1) is 14.8. The Hall–Kier alpha value is -3.15. The highest BCUT2D eigenvalue weighted by Crippen LogP contribution is 2.42. The van der Waals surface area contributed by atoms with Crippen molar-refractivity contribution in [3.63, 3.8) is 0 Å². The van der Waals surface area contributed by atoms with Crippen molar-refractivity contribution in [2.24, 2.45) is 10.2 Å². The van der Waals surface area contributed by atoms with E-state index in [9.17, 15) is 37.2 Å². The Morgan fingerprint density at radius 1 is 1.06 bits per heavy atom. The normalized spacial score (nSPS) is 12.4. The van der Waals surface area contributed by atoms with Crippen LogP contribution in [0, 0.1) is 0 Å². The fraction of sp³-hybridized carbons (Fsp3) is 0.105. The zero-order valence-electron chi connectivity index (χ0n) is 16.7. The lowest BCUT2D eigenvalue weighted by Crippen LogP contribution is -2.22. The Balaban J connectivity index is 2.22. The van der Waals surface area contributed by atoms with Crippen LogP contribution in [0.1, 0.15) is 6.92 Å². The van der Waals surface area contributed by atoms with Gasteiger partial charge in [0.15, 0.2) is 5.75 Å². The molecule has 0 unspecified atom stereocenters. The summed E-state index contributed by atoms with van der Waals surface area (Å²) in [6, 6.07) is 10.4. The summed E-state index contributed by atoms with van der Waals surface area (Å²) >= 11 is 0. The highest BCUT2D eigenvalue weighted by Gasteiger charge is 2.23. The van der Waals surface area contributed by atoms with E-state index in [1.165, 1.54) is 55.3 Å². The molecule has 0 aliphatic rings. The lowest BCUT2D eigenvalue weighted by Gasteiger charge is -2.16. The second-order valence-electron chi connectivity index (χ2n) is 6.79. The van der Waals surface area contributed by atoms with E-state index in [0.717, 1.165) is 12.1 Å². The quantitative estimate of drug-likeness (QED) is 0.245. The molecule has 32 heavy (non-hydrogen) atoms. The number of phenols is 1. The van der Waals surface area contributed by atoms with E-state index in [1.54, 1.807) is 0 Å². The Labute approximate surface area is 182 Å². The van der Waals surface area contributed by atoms with Gasteiger partial charge in [0.05, 0.1) is 11.0 Å². The number of amides is 1. The molecule has 0 saturated heterocycles. The third-order valence-corrected chi connectivity index (χ3v) is 6.42. The second kappa shape index (κ2) is 8.41. The summed E-state index contributed by atoms with van der Waals surface area (Å²) in [7, 11) is -7.87. The zero-order valence-corrected chi connectivity index (χ0v) is 18.4. The van der Waals surface area contributed by atoms with Gasteiger partial charge < -0.3 is 19.8 Å². The molecule has 1 amide bonds. The lowest BCUT2D eigenvalue weighted by atomic mass is 10.1. The van der Waals surface area contributed by atoms with Crippen molar-refractivity contribution in [3.8, 4) is 5.75 Å². The number of nitrogens with zero attached hydrogens (tertiary/aromatic N) is 3. The SMILES string of the molecule is CC(=O)N(C)c1ccc2cc(S(=O)(=O)O)c(N=Nc3cccc(P(=O)(O)O)c3)c(O)c2c1. The Bertz CT molecular complexity index is 1420. The Morgan fingerprint density at radius 3 is 2.34 bits per heavy atom. The van der Waals surface area contributed by atoms with Crippen molar-refractivity contribution in [1.82, 2.24) is 0 Å². The summed E-state index contributed by atoms with van der Waals surface area (Å²) in [6.45, 7) is 1.34. The van der Waals surface area contributed by atoms with Crippen LogP contribution in [0.3, 0.4) is 0 Å². The molecule has 168 valence electrons. The fourth-order valence-corrected chi connectivity index (χ4v) is 4.10. The molecule has 0 bridgehead atoms. The molecule has 0 saturated carbocycles. The van der Waals surface area contributed by atoms with Crippen LogP contribution >= 0.6 is 7.60 Å². The van der Waals surface area contributed by atoms with Gasteiger partial charge in [0.2, 0.25) is 5.91 Å². The molecule has 0 fully saturated rings. The number of fused-ring (bicyclic) bond motifs is 1. The average Bonchev–Trinajstić information content (AvgIpc) is 2.71. The van der Waals surface area contributed by atoms with Crippen molar-refractivity contribution < 1.29 is 37.2 Å². The first-order valence-corrected chi connectivity index (χ1v) is 11.9. The fourth-order valence-electron chi connectivity index (χ4n) is 2.86. The monoisotopic (exact) mass is 479 g/mol. The summed E-state index contributed by atoms with van der Waals surface area (Å²) in [5, 5.41) is 18.3. The van der Waals surface area contributed by atoms with Crippen LogP contribution in [0.2, 0.25) is 0 Å². The van der Waals surface area contributed by atoms with Gasteiger partial charge in [-0.1, -0.05) is 12.1 Å². The van der Waals surface area contributed by atoms with E-state index in [4.69, 9.17) is 0 Å². The molecule has 4 N–H and O–H groups in total. The molecule has 0 radical (unpaired) electrons. The van der Waals surface area contributed by atoms with Gasteiger partial charge in [-0.3, -0.25) is 13.9 Å². The van der Waals surface area contributed by atoms with Gasteiger partial charge in [0.25, 0.3) is 10.1 Å². The average molecular weight is 479 g/mol. The van der Waals surface area contributed by atoms with Crippen LogP contribution < -0.4 is 10.2 Å². The molecule has 3 aromatic rings. The highest BCUT2D eigenvalue weighted by atomic mass is 32.2. The topological polar surface area (TPSA) is 177 Å². The molecule has 0 heterocycles. The number of carbonyl (C=O) groups excluding carboxylic acids is 1. The van der Waals surface area contributed by atoms with Crippen LogP contribution in [0.5, 0.6) is 5.75 Å². The Morgan fingerprint density at radius 2 is 1.75 bits per heavy atom. The van der Waals surface area contributed by atoms with Gasteiger partial charge in [-0.15, -0.1) is 5.11 Å². The molecular formula is C19H18N3O8PS. The molecule has 3 rings (SSSR count). The van der Waals surface area contributed by atoms with E-state index >= 15 is 0 Å². The minimum absolute atomic E-state index is 0.0309. The maximum Gasteiger partial charge on any atom is 0.356 e. The third-order valence-electron chi connectivity index (χ3n) is 4.61. The van der Waals surface area contributed by atoms with Crippen LogP contribution in [0.4, 0.5) is 17.1 Å². The smallest absolute Gasteiger partial charge is 0.356 e. The highest BCUT2D eigenvalue weighted by molar-refractivity contribution is 7.86. The predicted octanol–water partition coefficient (Wildman–Crippen LogP) is 2.99. The molecule has 0 aromatic heterocycles. The van der Waals surface area contributed by atoms with E-state index < -0.39 is 34.0 Å². The number of rotatable bonds is 5. The van der Waals surface area contributed by atoms with Crippen LogP contribution in [0.15, 0.2) is 63.7 Å². The third kappa shape index (κ3) is 4.85. The Kier molecular flexibility index (Phi) is 6.18. The maximum atomic E-state index is 11.9. The zero-order chi connectivity index (χ0) is 23.8. The van der Waals surface area contributed by atoms with E-state index in [0.29, 0.717) is 5.69 Å². The van der Waals surface area contributed by atoms with Gasteiger partial charge in [0, 0.05) is 25.0 Å². The molecule has 13 heteroatoms. The molecule has 0 atom stereocenters. The predicted molar refractivity (Wildman–Crippen MR) is 117 cm³/mol. The first kappa shape index (κ1) is 23.5. The molecule has 0 aliphatic heterocycles. The van der Waals surface area contributed by atoms with Crippen molar-refractivity contribution in [3.05, 3.63) is 48.5 Å². The van der Waals surface area contributed by atoms with Gasteiger partial charge in [-0.2, -0.15) is 13.5 Å². The summed E-state index contributed by atoms with van der Waals surface area (Å²) in [5.41, 5.74) is -0.196. The largest absolute Gasteiger partial charge is 0.505 e. The molecule has 3 aromatic carbocycles. The van der Waals surface area contributed by atoms with Crippen molar-refractivity contribution >= 4 is 56.8 Å². The number of hydrogen-bond donors (Lipinski definition) is 4. The van der Waals surface area contributed by atoms with Crippen LogP contribution in [0.25, 0.3) is 10.8 Å². The second-order valence-corrected chi connectivity index (χ2v) is 9.79. The van der Waals surface area contributed by atoms with Crippen molar-refractivity contribution in [2.75, 3.05) is 11.9 Å². The standard InChI is InChI=1S/C19H18N3O8PS/c1-11(23)22(2)14-7-6-12-8-17(32(28,29)30)18(19(24)16(12)10-14)21-20-13-4-3-5-15(9-13)31(25,26)27/h3-10,24H,1-2H3,(H2,25,26,27)(H,28,29,30).